The Hall–Kier alpha value is -1.77. The highest BCUT2D eigenvalue weighted by molar-refractivity contribution is 5.92. The molecule has 0 aliphatic heterocycles. The molecule has 0 spiro atoms. The van der Waals surface area contributed by atoms with Crippen LogP contribution >= 0.6 is 0 Å². The van der Waals surface area contributed by atoms with Crippen LogP contribution < -0.4 is 0 Å². The van der Waals surface area contributed by atoms with E-state index in [4.69, 9.17) is 5.11 Å². The number of carboxylic acid groups (broad SMARTS) is 1. The minimum absolute atomic E-state index is 0.00870. The highest BCUT2D eigenvalue weighted by Crippen LogP contribution is 2.21. The number of hydrogen-bond acceptors (Lipinski definition) is 2. The van der Waals surface area contributed by atoms with E-state index in [-0.39, 0.29) is 11.3 Å². The summed E-state index contributed by atoms with van der Waals surface area (Å²) >= 11 is 0. The third kappa shape index (κ3) is 2.13. The monoisotopic (exact) mass is 192 g/mol. The number of benzene rings is 1. The van der Waals surface area contributed by atoms with E-state index in [0.29, 0.717) is 12.0 Å². The summed E-state index contributed by atoms with van der Waals surface area (Å²) in [4.78, 5) is 10.8. The lowest BCUT2D eigenvalue weighted by Crippen LogP contribution is -2.02. The molecular formula is C11H12O3. The van der Waals surface area contributed by atoms with Crippen molar-refractivity contribution < 1.29 is 15.0 Å². The van der Waals surface area contributed by atoms with Crippen molar-refractivity contribution in [1.82, 2.24) is 0 Å². The molecule has 3 heteroatoms. The van der Waals surface area contributed by atoms with Gasteiger partial charge in [-0.15, -0.1) is 0 Å². The summed E-state index contributed by atoms with van der Waals surface area (Å²) in [6, 6.07) is 4.71. The van der Waals surface area contributed by atoms with E-state index in [2.05, 4.69) is 0 Å². The topological polar surface area (TPSA) is 57.5 Å². The van der Waals surface area contributed by atoms with Gasteiger partial charge in [0.25, 0.3) is 0 Å². The van der Waals surface area contributed by atoms with Crippen molar-refractivity contribution in [2.24, 2.45) is 0 Å². The number of phenols is 1. The first-order chi connectivity index (χ1) is 6.66. The largest absolute Gasteiger partial charge is 0.507 e. The second kappa shape index (κ2) is 4.46. The molecule has 1 aromatic carbocycles. The van der Waals surface area contributed by atoms with Crippen LogP contribution in [0.4, 0.5) is 0 Å². The Bertz CT molecular complexity index is 367. The second-order valence-electron chi connectivity index (χ2n) is 2.89. The zero-order valence-electron chi connectivity index (χ0n) is 7.90. The van der Waals surface area contributed by atoms with Crippen LogP contribution in [0.1, 0.15) is 22.8 Å². The molecule has 0 amide bonds. The van der Waals surface area contributed by atoms with Gasteiger partial charge in [0.15, 0.2) is 0 Å². The van der Waals surface area contributed by atoms with Crippen LogP contribution in [-0.4, -0.2) is 16.2 Å². The van der Waals surface area contributed by atoms with Crippen LogP contribution in [0, 0.1) is 0 Å². The molecule has 0 radical (unpaired) electrons. The molecule has 0 aliphatic rings. The van der Waals surface area contributed by atoms with Crippen LogP contribution in [0.3, 0.4) is 0 Å². The number of carbonyl (C=O) groups is 1. The predicted molar refractivity (Wildman–Crippen MR) is 53.6 cm³/mol. The molecule has 14 heavy (non-hydrogen) atoms. The molecule has 3 nitrogen and oxygen atoms in total. The van der Waals surface area contributed by atoms with Crippen molar-refractivity contribution in [3.05, 3.63) is 41.5 Å². The molecule has 0 saturated carbocycles. The van der Waals surface area contributed by atoms with Crippen LogP contribution in [0.25, 0.3) is 0 Å². The van der Waals surface area contributed by atoms with E-state index in [1.54, 1.807) is 12.1 Å². The van der Waals surface area contributed by atoms with E-state index in [1.165, 1.54) is 6.07 Å². The van der Waals surface area contributed by atoms with E-state index in [0.717, 1.165) is 0 Å². The standard InChI is InChI=1S/C11H12O3/c1-2-3-5-8-6-4-7-9(12)10(8)11(13)14/h2-4,6-7,12H,5H2,1H3,(H,13,14)/b3-2-. The average Bonchev–Trinajstić information content (AvgIpc) is 2.14. The second-order valence-corrected chi connectivity index (χ2v) is 2.89. The molecule has 74 valence electrons. The zero-order valence-corrected chi connectivity index (χ0v) is 7.90. The van der Waals surface area contributed by atoms with Crippen molar-refractivity contribution in [1.29, 1.82) is 0 Å². The van der Waals surface area contributed by atoms with Crippen LogP contribution in [0.2, 0.25) is 0 Å². The van der Waals surface area contributed by atoms with E-state index in [1.807, 2.05) is 19.1 Å². The SMILES string of the molecule is C/C=C\Cc1cccc(O)c1C(=O)O. The lowest BCUT2D eigenvalue weighted by Gasteiger charge is -2.04. The molecule has 2 N–H and O–H groups in total. The van der Waals surface area contributed by atoms with Gasteiger partial charge in [0.2, 0.25) is 0 Å². The van der Waals surface area contributed by atoms with Gasteiger partial charge in [-0.3, -0.25) is 0 Å². The number of aromatic hydroxyl groups is 1. The van der Waals surface area contributed by atoms with Crippen molar-refractivity contribution in [2.75, 3.05) is 0 Å². The van der Waals surface area contributed by atoms with Gasteiger partial charge in [-0.05, 0) is 25.0 Å². The number of aromatic carboxylic acids is 1. The van der Waals surface area contributed by atoms with E-state index >= 15 is 0 Å². The Kier molecular flexibility index (Phi) is 3.29. The number of rotatable bonds is 3. The van der Waals surface area contributed by atoms with Crippen molar-refractivity contribution >= 4 is 5.97 Å². The Morgan fingerprint density at radius 2 is 2.21 bits per heavy atom. The molecule has 0 fully saturated rings. The maximum atomic E-state index is 10.8. The lowest BCUT2D eigenvalue weighted by molar-refractivity contribution is 0.0692. The molecule has 1 aromatic rings. The summed E-state index contributed by atoms with van der Waals surface area (Å²) in [5.74, 6) is -1.28. The Labute approximate surface area is 82.3 Å². The van der Waals surface area contributed by atoms with Gasteiger partial charge in [-0.1, -0.05) is 24.3 Å². The fourth-order valence-corrected chi connectivity index (χ4v) is 1.25. The third-order valence-corrected chi connectivity index (χ3v) is 1.92. The molecule has 0 aromatic heterocycles. The van der Waals surface area contributed by atoms with E-state index in [9.17, 15) is 9.90 Å². The predicted octanol–water partition coefficient (Wildman–Crippen LogP) is 2.21. The van der Waals surface area contributed by atoms with Crippen LogP contribution in [0.5, 0.6) is 5.75 Å². The third-order valence-electron chi connectivity index (χ3n) is 1.92. The Balaban J connectivity index is 3.14. The highest BCUT2D eigenvalue weighted by Gasteiger charge is 2.13. The first-order valence-electron chi connectivity index (χ1n) is 4.32. The maximum Gasteiger partial charge on any atom is 0.339 e. The van der Waals surface area contributed by atoms with Gasteiger partial charge in [0, 0.05) is 0 Å². The molecular weight excluding hydrogens is 180 g/mol. The van der Waals surface area contributed by atoms with Crippen LogP contribution in [0.15, 0.2) is 30.4 Å². The first kappa shape index (κ1) is 10.3. The summed E-state index contributed by atoms with van der Waals surface area (Å²) < 4.78 is 0. The van der Waals surface area contributed by atoms with Crippen molar-refractivity contribution in [3.63, 3.8) is 0 Å². The van der Waals surface area contributed by atoms with Gasteiger partial charge in [0.05, 0.1) is 0 Å². The minimum atomic E-state index is -1.09. The van der Waals surface area contributed by atoms with Gasteiger partial charge in [-0.25, -0.2) is 4.79 Å². The molecule has 0 atom stereocenters. The van der Waals surface area contributed by atoms with Crippen molar-refractivity contribution in [3.8, 4) is 5.75 Å². The van der Waals surface area contributed by atoms with Gasteiger partial charge in [-0.2, -0.15) is 0 Å². The van der Waals surface area contributed by atoms with E-state index < -0.39 is 5.97 Å². The molecule has 0 bridgehead atoms. The molecule has 0 unspecified atom stereocenters. The maximum absolute atomic E-state index is 10.8. The smallest absolute Gasteiger partial charge is 0.339 e. The Morgan fingerprint density at radius 3 is 2.79 bits per heavy atom. The minimum Gasteiger partial charge on any atom is -0.507 e. The number of hydrogen-bond donors (Lipinski definition) is 2. The Morgan fingerprint density at radius 1 is 1.50 bits per heavy atom. The van der Waals surface area contributed by atoms with Crippen molar-refractivity contribution in [2.45, 2.75) is 13.3 Å². The molecule has 0 heterocycles. The zero-order chi connectivity index (χ0) is 10.6. The van der Waals surface area contributed by atoms with Gasteiger partial charge >= 0.3 is 5.97 Å². The summed E-state index contributed by atoms with van der Waals surface area (Å²) in [6.45, 7) is 1.86. The summed E-state index contributed by atoms with van der Waals surface area (Å²) in [5.41, 5.74) is 0.612. The quantitative estimate of drug-likeness (QED) is 0.722. The summed E-state index contributed by atoms with van der Waals surface area (Å²) in [6.07, 6.45) is 4.21. The average molecular weight is 192 g/mol. The molecule has 0 aliphatic carbocycles. The summed E-state index contributed by atoms with van der Waals surface area (Å²) in [5, 5.41) is 18.2. The fraction of sp³-hybridized carbons (Fsp3) is 0.182. The normalized spacial score (nSPS) is 10.6. The fourth-order valence-electron chi connectivity index (χ4n) is 1.25. The highest BCUT2D eigenvalue weighted by atomic mass is 16.4. The summed E-state index contributed by atoms with van der Waals surface area (Å²) in [7, 11) is 0. The van der Waals surface area contributed by atoms with Gasteiger partial charge < -0.3 is 10.2 Å². The molecule has 1 rings (SSSR count). The lowest BCUT2D eigenvalue weighted by atomic mass is 10.0. The van der Waals surface area contributed by atoms with Crippen LogP contribution in [-0.2, 0) is 6.42 Å². The number of carboxylic acids is 1. The van der Waals surface area contributed by atoms with Gasteiger partial charge in [0.1, 0.15) is 11.3 Å². The first-order valence-corrected chi connectivity index (χ1v) is 4.32. The molecule has 0 saturated heterocycles. The number of allylic oxidation sites excluding steroid dienone is 2.